The molecule has 0 saturated carbocycles. The van der Waals surface area contributed by atoms with Crippen LogP contribution in [0.5, 0.6) is 0 Å². The van der Waals surface area contributed by atoms with E-state index in [-0.39, 0.29) is 12.4 Å². The molecule has 0 amide bonds. The molecule has 1 rings (SSSR count). The van der Waals surface area contributed by atoms with Crippen molar-refractivity contribution in [2.45, 2.75) is 25.2 Å². The minimum Gasteiger partial charge on any atom is -0.395 e. The Morgan fingerprint density at radius 2 is 1.78 bits per heavy atom. The van der Waals surface area contributed by atoms with Gasteiger partial charge in [-0.1, -0.05) is 6.92 Å². The molecule has 0 unspecified atom stereocenters. The summed E-state index contributed by atoms with van der Waals surface area (Å²) in [6.45, 7) is 5.27. The number of rotatable bonds is 7. The summed E-state index contributed by atoms with van der Waals surface area (Å²) in [7, 11) is -3.14. The van der Waals surface area contributed by atoms with E-state index in [4.69, 9.17) is 5.11 Å². The molecule has 1 aromatic carbocycles. The molecule has 0 heterocycles. The number of hydrogen-bond acceptors (Lipinski definition) is 4. The van der Waals surface area contributed by atoms with Gasteiger partial charge in [0.05, 0.1) is 17.3 Å². The fraction of sp³-hybridized carbons (Fsp3) is 0.538. The van der Waals surface area contributed by atoms with Crippen LogP contribution >= 0.6 is 0 Å². The first-order chi connectivity index (χ1) is 8.55. The minimum absolute atomic E-state index is 0.0870. The van der Waals surface area contributed by atoms with Gasteiger partial charge in [-0.3, -0.25) is 0 Å². The normalized spacial score (nSPS) is 11.5. The smallest absolute Gasteiger partial charge is 0.178 e. The van der Waals surface area contributed by atoms with Gasteiger partial charge < -0.3 is 10.0 Å². The van der Waals surface area contributed by atoms with Crippen LogP contribution in [0.1, 0.15) is 20.3 Å². The lowest BCUT2D eigenvalue weighted by atomic mass is 10.3. The van der Waals surface area contributed by atoms with Crippen molar-refractivity contribution in [2.75, 3.05) is 30.3 Å². The van der Waals surface area contributed by atoms with Crippen LogP contribution in [0.3, 0.4) is 0 Å². The summed E-state index contributed by atoms with van der Waals surface area (Å²) in [6.07, 6.45) is 0.621. The molecule has 0 aliphatic rings. The highest BCUT2D eigenvalue weighted by Gasteiger charge is 2.13. The van der Waals surface area contributed by atoms with Crippen LogP contribution < -0.4 is 4.90 Å². The Hall–Kier alpha value is -1.07. The number of aliphatic hydroxyl groups is 1. The Balaban J connectivity index is 2.92. The zero-order valence-electron chi connectivity index (χ0n) is 11.0. The molecular formula is C13H21NO3S. The highest BCUT2D eigenvalue weighted by atomic mass is 32.2. The average molecular weight is 271 g/mol. The molecule has 0 bridgehead atoms. The van der Waals surface area contributed by atoms with E-state index in [1.165, 1.54) is 0 Å². The average Bonchev–Trinajstić information content (AvgIpc) is 2.36. The SMILES string of the molecule is CCCS(=O)(=O)c1ccc(N(CC)CCO)cc1. The number of hydrogen-bond donors (Lipinski definition) is 1. The molecule has 0 aliphatic heterocycles. The van der Waals surface area contributed by atoms with Crippen molar-refractivity contribution in [1.29, 1.82) is 0 Å². The van der Waals surface area contributed by atoms with Gasteiger partial charge in [0.2, 0.25) is 0 Å². The van der Waals surface area contributed by atoms with Crippen molar-refractivity contribution in [3.05, 3.63) is 24.3 Å². The Morgan fingerprint density at radius 1 is 1.17 bits per heavy atom. The Bertz CT molecular complexity index is 454. The first-order valence-electron chi connectivity index (χ1n) is 6.23. The first kappa shape index (κ1) is 15.0. The van der Waals surface area contributed by atoms with E-state index >= 15 is 0 Å². The van der Waals surface area contributed by atoms with Gasteiger partial charge in [-0.05, 0) is 37.6 Å². The molecule has 1 aromatic rings. The van der Waals surface area contributed by atoms with Crippen LogP contribution in [0.25, 0.3) is 0 Å². The Labute approximate surface area is 109 Å². The second-order valence-electron chi connectivity index (χ2n) is 4.12. The number of likely N-dealkylation sites (N-methyl/N-ethyl adjacent to an activating group) is 1. The van der Waals surface area contributed by atoms with Gasteiger partial charge >= 0.3 is 0 Å². The van der Waals surface area contributed by atoms with Crippen molar-refractivity contribution in [2.24, 2.45) is 0 Å². The van der Waals surface area contributed by atoms with Crippen molar-refractivity contribution >= 4 is 15.5 Å². The van der Waals surface area contributed by atoms with Crippen LogP contribution in [-0.2, 0) is 9.84 Å². The number of sulfone groups is 1. The summed E-state index contributed by atoms with van der Waals surface area (Å²) < 4.78 is 23.7. The van der Waals surface area contributed by atoms with Crippen LogP contribution in [0, 0.1) is 0 Å². The Kier molecular flexibility index (Phi) is 5.62. The molecule has 0 atom stereocenters. The summed E-state index contributed by atoms with van der Waals surface area (Å²) in [5.41, 5.74) is 0.932. The third-order valence-electron chi connectivity index (χ3n) is 2.79. The van der Waals surface area contributed by atoms with Crippen LogP contribution in [0.4, 0.5) is 5.69 Å². The van der Waals surface area contributed by atoms with E-state index < -0.39 is 9.84 Å². The summed E-state index contributed by atoms with van der Waals surface area (Å²) in [4.78, 5) is 2.36. The van der Waals surface area contributed by atoms with Crippen molar-refractivity contribution in [3.8, 4) is 0 Å². The van der Waals surface area contributed by atoms with E-state index in [1.54, 1.807) is 24.3 Å². The predicted octanol–water partition coefficient (Wildman–Crippen LogP) is 1.69. The number of anilines is 1. The summed E-state index contributed by atoms with van der Waals surface area (Å²) in [5, 5.41) is 8.95. The van der Waals surface area contributed by atoms with Crippen molar-refractivity contribution in [3.63, 3.8) is 0 Å². The molecule has 0 radical (unpaired) electrons. The highest BCUT2D eigenvalue weighted by Crippen LogP contribution is 2.19. The predicted molar refractivity (Wildman–Crippen MR) is 73.8 cm³/mol. The third-order valence-corrected chi connectivity index (χ3v) is 4.72. The van der Waals surface area contributed by atoms with Gasteiger partial charge in [0.25, 0.3) is 0 Å². The fourth-order valence-electron chi connectivity index (χ4n) is 1.84. The minimum atomic E-state index is -3.14. The van der Waals surface area contributed by atoms with Gasteiger partial charge in [0, 0.05) is 18.8 Å². The van der Waals surface area contributed by atoms with Gasteiger partial charge in [-0.25, -0.2) is 8.42 Å². The Morgan fingerprint density at radius 3 is 2.22 bits per heavy atom. The third kappa shape index (κ3) is 3.71. The van der Waals surface area contributed by atoms with E-state index in [0.717, 1.165) is 12.2 Å². The summed E-state index contributed by atoms with van der Waals surface area (Å²) >= 11 is 0. The van der Waals surface area contributed by atoms with Crippen molar-refractivity contribution in [1.82, 2.24) is 0 Å². The molecule has 0 spiro atoms. The molecule has 5 heteroatoms. The quantitative estimate of drug-likeness (QED) is 0.820. The maximum Gasteiger partial charge on any atom is 0.178 e. The molecule has 1 N–H and O–H groups in total. The maximum absolute atomic E-state index is 11.9. The number of aliphatic hydroxyl groups excluding tert-OH is 1. The van der Waals surface area contributed by atoms with Gasteiger partial charge in [-0.15, -0.1) is 0 Å². The van der Waals surface area contributed by atoms with Crippen molar-refractivity contribution < 1.29 is 13.5 Å². The second-order valence-corrected chi connectivity index (χ2v) is 6.23. The molecular weight excluding hydrogens is 250 g/mol. The molecule has 4 nitrogen and oxygen atoms in total. The monoisotopic (exact) mass is 271 g/mol. The lowest BCUT2D eigenvalue weighted by Crippen LogP contribution is -2.26. The lowest BCUT2D eigenvalue weighted by molar-refractivity contribution is 0.302. The molecule has 102 valence electrons. The van der Waals surface area contributed by atoms with Crippen LogP contribution in [0.2, 0.25) is 0 Å². The molecule has 0 saturated heterocycles. The number of nitrogens with zero attached hydrogens (tertiary/aromatic N) is 1. The van der Waals surface area contributed by atoms with Crippen LogP contribution in [-0.4, -0.2) is 39.0 Å². The molecule has 0 aliphatic carbocycles. The zero-order chi connectivity index (χ0) is 13.6. The first-order valence-corrected chi connectivity index (χ1v) is 7.89. The van der Waals surface area contributed by atoms with Gasteiger partial charge in [-0.2, -0.15) is 0 Å². The topological polar surface area (TPSA) is 57.6 Å². The van der Waals surface area contributed by atoms with Crippen LogP contribution in [0.15, 0.2) is 29.2 Å². The van der Waals surface area contributed by atoms with E-state index in [2.05, 4.69) is 0 Å². The maximum atomic E-state index is 11.9. The number of benzene rings is 1. The van der Waals surface area contributed by atoms with E-state index in [1.807, 2.05) is 18.7 Å². The summed E-state index contributed by atoms with van der Waals surface area (Å²) in [6, 6.07) is 6.87. The molecule has 0 aromatic heterocycles. The second kappa shape index (κ2) is 6.75. The van der Waals surface area contributed by atoms with E-state index in [0.29, 0.717) is 17.9 Å². The highest BCUT2D eigenvalue weighted by molar-refractivity contribution is 7.91. The zero-order valence-corrected chi connectivity index (χ0v) is 11.8. The molecule has 18 heavy (non-hydrogen) atoms. The van der Waals surface area contributed by atoms with E-state index in [9.17, 15) is 8.42 Å². The van der Waals surface area contributed by atoms with Gasteiger partial charge in [0.1, 0.15) is 0 Å². The fourth-order valence-corrected chi connectivity index (χ4v) is 3.17. The van der Waals surface area contributed by atoms with Gasteiger partial charge in [0.15, 0.2) is 9.84 Å². The largest absolute Gasteiger partial charge is 0.395 e. The molecule has 0 fully saturated rings. The summed E-state index contributed by atoms with van der Waals surface area (Å²) in [5.74, 6) is 0.181. The standard InChI is InChI=1S/C13H21NO3S/c1-3-11-18(16,17)13-7-5-12(6-8-13)14(4-2)9-10-15/h5-8,15H,3-4,9-11H2,1-2H3. The lowest BCUT2D eigenvalue weighted by Gasteiger charge is -2.22.